The van der Waals surface area contributed by atoms with Crippen LogP contribution in [0.15, 0.2) is 46.9 Å². The Kier molecular flexibility index (Phi) is 3.84. The molecule has 0 saturated heterocycles. The van der Waals surface area contributed by atoms with Gasteiger partial charge in [0.15, 0.2) is 0 Å². The highest BCUT2D eigenvalue weighted by Gasteiger charge is 2.11. The quantitative estimate of drug-likeness (QED) is 0.727. The predicted octanol–water partition coefficient (Wildman–Crippen LogP) is 3.98. The first-order chi connectivity index (χ1) is 10.2. The van der Waals surface area contributed by atoms with E-state index in [4.69, 9.17) is 10.5 Å². The van der Waals surface area contributed by atoms with Crippen molar-refractivity contribution in [2.45, 2.75) is 20.1 Å². The van der Waals surface area contributed by atoms with Crippen LogP contribution in [-0.4, -0.2) is 9.78 Å². The summed E-state index contributed by atoms with van der Waals surface area (Å²) in [5.74, 6) is 0.727. The lowest BCUT2D eigenvalue weighted by molar-refractivity contribution is 0.299. The number of hydrogen-bond acceptors (Lipinski definition) is 3. The molecule has 0 aliphatic rings. The predicted molar refractivity (Wildman–Crippen MR) is 88.3 cm³/mol. The van der Waals surface area contributed by atoms with Gasteiger partial charge in [-0.05, 0) is 41.1 Å². The number of halogens is 1. The zero-order valence-electron chi connectivity index (χ0n) is 11.7. The molecule has 21 heavy (non-hydrogen) atoms. The van der Waals surface area contributed by atoms with Crippen molar-refractivity contribution in [2.24, 2.45) is 0 Å². The zero-order chi connectivity index (χ0) is 14.8. The number of benzene rings is 2. The van der Waals surface area contributed by atoms with Gasteiger partial charge in [0.2, 0.25) is 0 Å². The smallest absolute Gasteiger partial charge is 0.136 e. The minimum atomic E-state index is 0.412. The molecule has 2 aromatic carbocycles. The summed E-state index contributed by atoms with van der Waals surface area (Å²) in [5.41, 5.74) is 8.58. The molecule has 4 nitrogen and oxygen atoms in total. The van der Waals surface area contributed by atoms with Crippen LogP contribution in [-0.2, 0) is 13.2 Å². The van der Waals surface area contributed by atoms with E-state index in [1.807, 2.05) is 35.0 Å². The number of para-hydroxylation sites is 1. The van der Waals surface area contributed by atoms with Gasteiger partial charge in [-0.1, -0.05) is 24.3 Å². The van der Waals surface area contributed by atoms with Gasteiger partial charge in [-0.3, -0.25) is 4.68 Å². The Hall–Kier alpha value is -2.01. The molecule has 0 saturated carbocycles. The van der Waals surface area contributed by atoms with Crippen LogP contribution in [0, 0.1) is 0 Å². The first-order valence-corrected chi connectivity index (χ1v) is 7.61. The van der Waals surface area contributed by atoms with Crippen molar-refractivity contribution in [3.63, 3.8) is 0 Å². The maximum atomic E-state index is 5.87. The van der Waals surface area contributed by atoms with Gasteiger partial charge in [-0.15, -0.1) is 0 Å². The summed E-state index contributed by atoms with van der Waals surface area (Å²) in [6, 6.07) is 13.8. The van der Waals surface area contributed by atoms with Crippen LogP contribution in [0.2, 0.25) is 0 Å². The molecule has 0 radical (unpaired) electrons. The standard InChI is InChI=1S/C16H16BrN3O/c1-2-20-14-8-4-3-6-11(14)13(19-20)10-21-15-9-5-7-12(18)16(15)17/h3-9H,2,10,18H2,1H3. The highest BCUT2D eigenvalue weighted by atomic mass is 79.9. The lowest BCUT2D eigenvalue weighted by Crippen LogP contribution is -2.01. The summed E-state index contributed by atoms with van der Waals surface area (Å²) in [7, 11) is 0. The number of nitrogens with two attached hydrogens (primary N) is 1. The summed E-state index contributed by atoms with van der Waals surface area (Å²) in [4.78, 5) is 0. The van der Waals surface area contributed by atoms with Crippen molar-refractivity contribution in [1.29, 1.82) is 0 Å². The largest absolute Gasteiger partial charge is 0.486 e. The van der Waals surface area contributed by atoms with E-state index in [0.29, 0.717) is 12.3 Å². The van der Waals surface area contributed by atoms with E-state index in [1.165, 1.54) is 0 Å². The average Bonchev–Trinajstić information content (AvgIpc) is 2.87. The summed E-state index contributed by atoms with van der Waals surface area (Å²) in [5, 5.41) is 5.74. The number of hydrogen-bond donors (Lipinski definition) is 1. The third-order valence-electron chi connectivity index (χ3n) is 3.39. The van der Waals surface area contributed by atoms with Gasteiger partial charge in [0.1, 0.15) is 18.1 Å². The number of ether oxygens (including phenoxy) is 1. The number of fused-ring (bicyclic) bond motifs is 1. The molecule has 0 spiro atoms. The lowest BCUT2D eigenvalue weighted by atomic mass is 10.2. The van der Waals surface area contributed by atoms with E-state index in [2.05, 4.69) is 40.1 Å². The van der Waals surface area contributed by atoms with Gasteiger partial charge in [0.05, 0.1) is 9.99 Å². The molecule has 1 heterocycles. The maximum Gasteiger partial charge on any atom is 0.136 e. The highest BCUT2D eigenvalue weighted by Crippen LogP contribution is 2.31. The molecule has 0 unspecified atom stereocenters. The SMILES string of the molecule is CCn1nc(COc2cccc(N)c2Br)c2ccccc21. The Morgan fingerprint density at radius 2 is 2.00 bits per heavy atom. The number of aryl methyl sites for hydroxylation is 1. The molecule has 3 aromatic rings. The van der Waals surface area contributed by atoms with Crippen LogP contribution in [0.5, 0.6) is 5.75 Å². The second-order valence-corrected chi connectivity index (χ2v) is 5.52. The van der Waals surface area contributed by atoms with Gasteiger partial charge >= 0.3 is 0 Å². The van der Waals surface area contributed by atoms with Crippen molar-refractivity contribution in [3.05, 3.63) is 52.6 Å². The van der Waals surface area contributed by atoms with Crippen molar-refractivity contribution < 1.29 is 4.74 Å². The zero-order valence-corrected chi connectivity index (χ0v) is 13.3. The minimum Gasteiger partial charge on any atom is -0.486 e. The third-order valence-corrected chi connectivity index (χ3v) is 4.24. The highest BCUT2D eigenvalue weighted by molar-refractivity contribution is 9.10. The average molecular weight is 346 g/mol. The Morgan fingerprint density at radius 3 is 2.81 bits per heavy atom. The number of aromatic nitrogens is 2. The fraction of sp³-hybridized carbons (Fsp3) is 0.188. The Morgan fingerprint density at radius 1 is 1.19 bits per heavy atom. The van der Waals surface area contributed by atoms with E-state index in [1.54, 1.807) is 0 Å². The van der Waals surface area contributed by atoms with Gasteiger partial charge < -0.3 is 10.5 Å². The Labute approximate surface area is 131 Å². The number of rotatable bonds is 4. The summed E-state index contributed by atoms with van der Waals surface area (Å²) < 4.78 is 8.64. The molecule has 3 rings (SSSR count). The number of anilines is 1. The molecule has 0 fully saturated rings. The molecular weight excluding hydrogens is 330 g/mol. The topological polar surface area (TPSA) is 53.1 Å². The molecule has 1 aromatic heterocycles. The molecule has 0 bridgehead atoms. The Bertz CT molecular complexity index is 782. The Balaban J connectivity index is 1.90. The van der Waals surface area contributed by atoms with Crippen LogP contribution < -0.4 is 10.5 Å². The molecule has 108 valence electrons. The first kappa shape index (κ1) is 13.9. The second kappa shape index (κ2) is 5.77. The van der Waals surface area contributed by atoms with Crippen LogP contribution in [0.3, 0.4) is 0 Å². The van der Waals surface area contributed by atoms with Crippen LogP contribution >= 0.6 is 15.9 Å². The summed E-state index contributed by atoms with van der Waals surface area (Å²) >= 11 is 3.45. The van der Waals surface area contributed by atoms with E-state index in [-0.39, 0.29) is 0 Å². The molecule has 0 aliphatic carbocycles. The second-order valence-electron chi connectivity index (χ2n) is 4.73. The van der Waals surface area contributed by atoms with Gasteiger partial charge in [0.25, 0.3) is 0 Å². The molecule has 0 amide bonds. The van der Waals surface area contributed by atoms with Crippen molar-refractivity contribution in [2.75, 3.05) is 5.73 Å². The molecule has 0 aliphatic heterocycles. The molecular formula is C16H16BrN3O. The van der Waals surface area contributed by atoms with E-state index in [9.17, 15) is 0 Å². The maximum absolute atomic E-state index is 5.87. The van der Waals surface area contributed by atoms with E-state index in [0.717, 1.165) is 33.4 Å². The molecule has 0 atom stereocenters. The number of nitrogen functional groups attached to an aromatic ring is 1. The van der Waals surface area contributed by atoms with Crippen molar-refractivity contribution in [3.8, 4) is 5.75 Å². The number of nitrogens with zero attached hydrogens (tertiary/aromatic N) is 2. The van der Waals surface area contributed by atoms with E-state index < -0.39 is 0 Å². The normalized spacial score (nSPS) is 11.0. The van der Waals surface area contributed by atoms with Crippen molar-refractivity contribution in [1.82, 2.24) is 9.78 Å². The summed E-state index contributed by atoms with van der Waals surface area (Å²) in [6.45, 7) is 3.33. The van der Waals surface area contributed by atoms with Crippen LogP contribution in [0.25, 0.3) is 10.9 Å². The fourth-order valence-corrected chi connectivity index (χ4v) is 2.71. The lowest BCUT2D eigenvalue weighted by Gasteiger charge is -2.08. The van der Waals surface area contributed by atoms with Gasteiger partial charge in [0, 0.05) is 17.6 Å². The molecule has 5 heteroatoms. The van der Waals surface area contributed by atoms with Crippen LogP contribution in [0.4, 0.5) is 5.69 Å². The fourth-order valence-electron chi connectivity index (χ4n) is 2.33. The monoisotopic (exact) mass is 345 g/mol. The van der Waals surface area contributed by atoms with Gasteiger partial charge in [-0.2, -0.15) is 5.10 Å². The van der Waals surface area contributed by atoms with E-state index >= 15 is 0 Å². The third kappa shape index (κ3) is 2.61. The molecule has 2 N–H and O–H groups in total. The summed E-state index contributed by atoms with van der Waals surface area (Å²) in [6.07, 6.45) is 0. The van der Waals surface area contributed by atoms with Crippen molar-refractivity contribution >= 4 is 32.5 Å². The minimum absolute atomic E-state index is 0.412. The van der Waals surface area contributed by atoms with Crippen LogP contribution in [0.1, 0.15) is 12.6 Å². The first-order valence-electron chi connectivity index (χ1n) is 6.82. The van der Waals surface area contributed by atoms with Gasteiger partial charge in [-0.25, -0.2) is 0 Å².